The second kappa shape index (κ2) is 9.77. The third-order valence-electron chi connectivity index (χ3n) is 6.75. The minimum absolute atomic E-state index is 0.108. The number of amides is 4. The zero-order chi connectivity index (χ0) is 27.1. The molecular weight excluding hydrogens is 499 g/mol. The maximum Gasteiger partial charge on any atom is 0.255 e. The molecule has 7 nitrogen and oxygen atoms in total. The van der Waals surface area contributed by atoms with Gasteiger partial charge in [-0.15, -0.1) is 0 Å². The number of nitrogens with zero attached hydrogens (tertiary/aromatic N) is 1. The van der Waals surface area contributed by atoms with E-state index >= 15 is 8.78 Å². The van der Waals surface area contributed by atoms with E-state index in [4.69, 9.17) is 0 Å². The van der Waals surface area contributed by atoms with Gasteiger partial charge in [-0.3, -0.25) is 24.5 Å². The third-order valence-corrected chi connectivity index (χ3v) is 6.75. The lowest BCUT2D eigenvalue weighted by molar-refractivity contribution is -0.137. The molecule has 0 spiro atoms. The number of hydrogen-bond acceptors (Lipinski definition) is 4. The smallest absolute Gasteiger partial charge is 0.255 e. The first-order valence-electron chi connectivity index (χ1n) is 11.9. The summed E-state index contributed by atoms with van der Waals surface area (Å²) in [5, 5.41) is 4.29. The zero-order valence-corrected chi connectivity index (χ0v) is 20.2. The first kappa shape index (κ1) is 25.2. The summed E-state index contributed by atoms with van der Waals surface area (Å²) in [6, 6.07) is 12.0. The van der Waals surface area contributed by atoms with Gasteiger partial charge in [0.05, 0.1) is 0 Å². The summed E-state index contributed by atoms with van der Waals surface area (Å²) >= 11 is 0. The molecule has 1 fully saturated rings. The molecule has 0 bridgehead atoms. The highest BCUT2D eigenvalue weighted by molar-refractivity contribution is 6.05. The van der Waals surface area contributed by atoms with Crippen molar-refractivity contribution < 1.29 is 32.3 Å². The number of halogens is 3. The Morgan fingerprint density at radius 1 is 1.03 bits per heavy atom. The SMILES string of the molecule is CC(=O)Nc1c(F)c(F)c(-c2ccccc2)c(Cc2ccc3c(c2)CN(C2CCC(=O)NC2=O)C3=O)c1F. The summed E-state index contributed by atoms with van der Waals surface area (Å²) in [6.45, 7) is 1.17. The monoisotopic (exact) mass is 521 g/mol. The lowest BCUT2D eigenvalue weighted by atomic mass is 9.91. The summed E-state index contributed by atoms with van der Waals surface area (Å²) in [5.74, 6) is -5.94. The predicted octanol–water partition coefficient (Wildman–Crippen LogP) is 4.08. The molecule has 0 aliphatic carbocycles. The van der Waals surface area contributed by atoms with Crippen molar-refractivity contribution in [2.75, 3.05) is 5.32 Å². The van der Waals surface area contributed by atoms with Gasteiger partial charge in [0.15, 0.2) is 17.5 Å². The molecule has 1 saturated heterocycles. The maximum absolute atomic E-state index is 15.7. The van der Waals surface area contributed by atoms with Crippen LogP contribution < -0.4 is 10.6 Å². The molecule has 0 saturated carbocycles. The van der Waals surface area contributed by atoms with Crippen molar-refractivity contribution in [1.29, 1.82) is 0 Å². The average Bonchev–Trinajstić information content (AvgIpc) is 3.21. The fourth-order valence-electron chi connectivity index (χ4n) is 5.01. The highest BCUT2D eigenvalue weighted by Gasteiger charge is 2.39. The number of anilines is 1. The summed E-state index contributed by atoms with van der Waals surface area (Å²) in [4.78, 5) is 49.7. The normalized spacial score (nSPS) is 16.9. The van der Waals surface area contributed by atoms with Gasteiger partial charge in [-0.25, -0.2) is 13.2 Å². The number of nitrogens with one attached hydrogen (secondary N) is 2. The van der Waals surface area contributed by atoms with Crippen LogP contribution >= 0.6 is 0 Å². The van der Waals surface area contributed by atoms with Gasteiger partial charge in [0.1, 0.15) is 11.7 Å². The van der Waals surface area contributed by atoms with Gasteiger partial charge >= 0.3 is 0 Å². The molecule has 2 heterocycles. The number of rotatable bonds is 5. The van der Waals surface area contributed by atoms with E-state index in [0.29, 0.717) is 16.7 Å². The van der Waals surface area contributed by atoms with E-state index in [0.717, 1.165) is 6.92 Å². The minimum Gasteiger partial charge on any atom is -0.322 e. The van der Waals surface area contributed by atoms with Crippen LogP contribution in [-0.2, 0) is 27.3 Å². The number of piperidine rings is 1. The van der Waals surface area contributed by atoms with E-state index in [1.54, 1.807) is 36.4 Å². The standard InChI is InChI=1S/C28H22F3N3O4/c1-14(35)32-26-23(29)19(22(24(30)25(26)31)16-5-3-2-4-6-16)12-15-7-8-18-17(11-15)13-34(28(18)38)20-9-10-21(36)33-27(20)37/h2-8,11,20H,9-10,12-13H2,1H3,(H,32,35)(H,33,36,37). The molecule has 38 heavy (non-hydrogen) atoms. The Kier molecular flexibility index (Phi) is 6.48. The Bertz CT molecular complexity index is 1510. The summed E-state index contributed by atoms with van der Waals surface area (Å²) in [5.41, 5.74) is 0.423. The Morgan fingerprint density at radius 2 is 1.76 bits per heavy atom. The van der Waals surface area contributed by atoms with Gasteiger partial charge in [-0.2, -0.15) is 0 Å². The van der Waals surface area contributed by atoms with Crippen molar-refractivity contribution in [3.8, 4) is 11.1 Å². The van der Waals surface area contributed by atoms with Crippen LogP contribution in [0.4, 0.5) is 18.9 Å². The quantitative estimate of drug-likeness (QED) is 0.391. The molecule has 194 valence electrons. The van der Waals surface area contributed by atoms with Crippen LogP contribution in [0.15, 0.2) is 48.5 Å². The van der Waals surface area contributed by atoms with Crippen molar-refractivity contribution >= 4 is 29.3 Å². The zero-order valence-electron chi connectivity index (χ0n) is 20.2. The van der Waals surface area contributed by atoms with Crippen LogP contribution in [0.5, 0.6) is 0 Å². The molecule has 1 atom stereocenters. The first-order chi connectivity index (χ1) is 18.2. The van der Waals surface area contributed by atoms with Crippen molar-refractivity contribution in [3.05, 3.63) is 88.2 Å². The molecule has 0 radical (unpaired) electrons. The van der Waals surface area contributed by atoms with Crippen molar-refractivity contribution in [2.24, 2.45) is 0 Å². The Morgan fingerprint density at radius 3 is 2.45 bits per heavy atom. The molecule has 2 aliphatic heterocycles. The second-order valence-corrected chi connectivity index (χ2v) is 9.29. The molecule has 3 aromatic rings. The topological polar surface area (TPSA) is 95.6 Å². The number of imide groups is 1. The van der Waals surface area contributed by atoms with Crippen LogP contribution in [0.2, 0.25) is 0 Å². The highest BCUT2D eigenvalue weighted by Crippen LogP contribution is 2.38. The van der Waals surface area contributed by atoms with E-state index in [9.17, 15) is 23.6 Å². The number of fused-ring (bicyclic) bond motifs is 1. The third kappa shape index (κ3) is 4.42. The van der Waals surface area contributed by atoms with Gasteiger partial charge in [0.25, 0.3) is 5.91 Å². The fourth-order valence-corrected chi connectivity index (χ4v) is 5.01. The van der Waals surface area contributed by atoms with E-state index < -0.39 is 41.0 Å². The van der Waals surface area contributed by atoms with Gasteiger partial charge in [-0.05, 0) is 29.2 Å². The largest absolute Gasteiger partial charge is 0.322 e. The summed E-state index contributed by atoms with van der Waals surface area (Å²) in [6.07, 6.45) is 0.166. The molecule has 0 aromatic heterocycles. The highest BCUT2D eigenvalue weighted by atomic mass is 19.2. The molecule has 5 rings (SSSR count). The lowest BCUT2D eigenvalue weighted by Crippen LogP contribution is -2.52. The minimum atomic E-state index is -1.50. The van der Waals surface area contributed by atoms with Crippen LogP contribution in [0.1, 0.15) is 46.8 Å². The second-order valence-electron chi connectivity index (χ2n) is 9.29. The van der Waals surface area contributed by atoms with Crippen molar-refractivity contribution in [2.45, 2.75) is 38.8 Å². The van der Waals surface area contributed by atoms with E-state index in [-0.39, 0.29) is 54.3 Å². The summed E-state index contributed by atoms with van der Waals surface area (Å²) < 4.78 is 45.9. The number of benzene rings is 3. The predicted molar refractivity (Wildman–Crippen MR) is 131 cm³/mol. The van der Waals surface area contributed by atoms with Crippen LogP contribution in [0, 0.1) is 17.5 Å². The van der Waals surface area contributed by atoms with E-state index in [1.165, 1.54) is 17.0 Å². The van der Waals surface area contributed by atoms with Gasteiger partial charge in [-0.1, -0.05) is 42.5 Å². The number of carbonyl (C=O) groups is 4. The Balaban J connectivity index is 1.53. The number of carbonyl (C=O) groups excluding carboxylic acids is 4. The Labute approximate surface area is 215 Å². The van der Waals surface area contributed by atoms with Crippen LogP contribution in [-0.4, -0.2) is 34.6 Å². The van der Waals surface area contributed by atoms with E-state index in [1.807, 2.05) is 5.32 Å². The van der Waals surface area contributed by atoms with Crippen LogP contribution in [0.25, 0.3) is 11.1 Å². The molecule has 2 N–H and O–H groups in total. The molecule has 3 aromatic carbocycles. The molecule has 10 heteroatoms. The van der Waals surface area contributed by atoms with Crippen molar-refractivity contribution in [3.63, 3.8) is 0 Å². The van der Waals surface area contributed by atoms with Gasteiger partial charge < -0.3 is 10.2 Å². The molecule has 2 aliphatic rings. The summed E-state index contributed by atoms with van der Waals surface area (Å²) in [7, 11) is 0. The molecule has 1 unspecified atom stereocenters. The van der Waals surface area contributed by atoms with Crippen LogP contribution in [0.3, 0.4) is 0 Å². The van der Waals surface area contributed by atoms with Gasteiger partial charge in [0.2, 0.25) is 17.7 Å². The first-order valence-corrected chi connectivity index (χ1v) is 11.9. The average molecular weight is 521 g/mol. The lowest BCUT2D eigenvalue weighted by Gasteiger charge is -2.29. The molecule has 4 amide bonds. The Hall–Kier alpha value is -4.47. The van der Waals surface area contributed by atoms with E-state index in [2.05, 4.69) is 5.32 Å². The number of hydrogen-bond donors (Lipinski definition) is 2. The van der Waals surface area contributed by atoms with Crippen molar-refractivity contribution in [1.82, 2.24) is 10.2 Å². The van der Waals surface area contributed by atoms with Gasteiger partial charge in [0, 0.05) is 43.0 Å². The maximum atomic E-state index is 15.7. The molecular formula is C28H22F3N3O4. The fraction of sp³-hybridized carbons (Fsp3) is 0.214.